The van der Waals surface area contributed by atoms with Gasteiger partial charge in [-0.2, -0.15) is 0 Å². The Bertz CT molecular complexity index is 686. The minimum atomic E-state index is 0.0134. The molecule has 5 heteroatoms. The number of aromatic nitrogens is 3. The maximum atomic E-state index is 12.2. The van der Waals surface area contributed by atoms with Gasteiger partial charge in [0.25, 0.3) is 0 Å². The van der Waals surface area contributed by atoms with E-state index in [1.54, 1.807) is 4.68 Å². The van der Waals surface area contributed by atoms with Gasteiger partial charge >= 0.3 is 0 Å². The third-order valence-electron chi connectivity index (χ3n) is 5.18. The van der Waals surface area contributed by atoms with E-state index >= 15 is 0 Å². The predicted octanol–water partition coefficient (Wildman–Crippen LogP) is 2.39. The summed E-state index contributed by atoms with van der Waals surface area (Å²) < 4.78 is 1.65. The van der Waals surface area contributed by atoms with Gasteiger partial charge in [0.2, 0.25) is 5.91 Å². The summed E-state index contributed by atoms with van der Waals surface area (Å²) in [6.45, 7) is 0.963. The molecule has 2 aliphatic rings. The highest BCUT2D eigenvalue weighted by Gasteiger charge is 2.38. The molecule has 0 saturated heterocycles. The summed E-state index contributed by atoms with van der Waals surface area (Å²) >= 11 is 0. The summed E-state index contributed by atoms with van der Waals surface area (Å²) in [6.07, 6.45) is 7.83. The molecular weight excluding hydrogens is 288 g/mol. The second-order valence-electron chi connectivity index (χ2n) is 6.89. The van der Waals surface area contributed by atoms with Gasteiger partial charge < -0.3 is 5.32 Å². The van der Waals surface area contributed by atoms with Crippen molar-refractivity contribution < 1.29 is 4.79 Å². The molecule has 2 aliphatic carbocycles. The van der Waals surface area contributed by atoms with Crippen LogP contribution in [0.1, 0.15) is 49.3 Å². The molecule has 1 heterocycles. The highest BCUT2D eigenvalue weighted by molar-refractivity contribution is 5.75. The number of amides is 1. The summed E-state index contributed by atoms with van der Waals surface area (Å²) in [5.41, 5.74) is 2.49. The van der Waals surface area contributed by atoms with E-state index in [4.69, 9.17) is 0 Å². The first-order valence-electron chi connectivity index (χ1n) is 8.47. The first kappa shape index (κ1) is 14.4. The zero-order chi connectivity index (χ0) is 15.7. The van der Waals surface area contributed by atoms with Gasteiger partial charge in [-0.15, -0.1) is 5.10 Å². The summed E-state index contributed by atoms with van der Waals surface area (Å²) in [4.78, 5) is 12.2. The molecule has 1 N–H and O–H groups in total. The van der Waals surface area contributed by atoms with Gasteiger partial charge in [0.05, 0.1) is 5.69 Å². The lowest BCUT2D eigenvalue weighted by atomic mass is 9.64. The van der Waals surface area contributed by atoms with E-state index in [1.165, 1.54) is 24.8 Å². The van der Waals surface area contributed by atoms with Crippen molar-refractivity contribution in [3.8, 4) is 0 Å². The molecule has 2 fully saturated rings. The Labute approximate surface area is 136 Å². The van der Waals surface area contributed by atoms with Crippen molar-refractivity contribution in [2.45, 2.75) is 50.0 Å². The zero-order valence-electron chi connectivity index (χ0n) is 13.2. The lowest BCUT2D eigenvalue weighted by Gasteiger charge is -2.42. The molecule has 23 heavy (non-hydrogen) atoms. The van der Waals surface area contributed by atoms with Crippen molar-refractivity contribution in [2.75, 3.05) is 6.54 Å². The van der Waals surface area contributed by atoms with E-state index < -0.39 is 0 Å². The second kappa shape index (κ2) is 5.80. The number of nitrogens with zero attached hydrogens (tertiary/aromatic N) is 3. The quantitative estimate of drug-likeness (QED) is 0.891. The number of benzene rings is 1. The second-order valence-corrected chi connectivity index (χ2v) is 6.89. The van der Waals surface area contributed by atoms with Crippen LogP contribution in [0.5, 0.6) is 0 Å². The van der Waals surface area contributed by atoms with Crippen LogP contribution in [0.25, 0.3) is 0 Å². The maximum absolute atomic E-state index is 12.2. The molecule has 0 radical (unpaired) electrons. The molecule has 0 atom stereocenters. The molecule has 5 nitrogen and oxygen atoms in total. The number of hydrogen-bond acceptors (Lipinski definition) is 3. The predicted molar refractivity (Wildman–Crippen MR) is 87.0 cm³/mol. The number of hydrogen-bond donors (Lipinski definition) is 1. The first-order valence-corrected chi connectivity index (χ1v) is 8.47. The van der Waals surface area contributed by atoms with Crippen molar-refractivity contribution in [2.24, 2.45) is 0 Å². The summed E-state index contributed by atoms with van der Waals surface area (Å²) in [5, 5.41) is 11.3. The Balaban J connectivity index is 1.35. The van der Waals surface area contributed by atoms with E-state index in [-0.39, 0.29) is 17.9 Å². The SMILES string of the molecule is O=C(Cn1cc(C2CC2)nn1)NCC1(c2ccccc2)CCC1. The first-order chi connectivity index (χ1) is 11.3. The topological polar surface area (TPSA) is 59.8 Å². The Hall–Kier alpha value is -2.17. The molecule has 0 spiro atoms. The highest BCUT2D eigenvalue weighted by atomic mass is 16.2. The van der Waals surface area contributed by atoms with Gasteiger partial charge in [0.15, 0.2) is 0 Å². The smallest absolute Gasteiger partial charge is 0.241 e. The fourth-order valence-corrected chi connectivity index (χ4v) is 3.39. The van der Waals surface area contributed by atoms with E-state index in [0.717, 1.165) is 18.5 Å². The van der Waals surface area contributed by atoms with Crippen molar-refractivity contribution in [3.05, 3.63) is 47.8 Å². The summed E-state index contributed by atoms with van der Waals surface area (Å²) in [6, 6.07) is 10.5. The molecule has 2 saturated carbocycles. The average Bonchev–Trinajstić information content (AvgIpc) is 3.28. The Morgan fingerprint density at radius 2 is 2.04 bits per heavy atom. The Kier molecular flexibility index (Phi) is 3.63. The van der Waals surface area contributed by atoms with Crippen LogP contribution in [0, 0.1) is 0 Å². The minimum Gasteiger partial charge on any atom is -0.354 e. The number of carbonyl (C=O) groups is 1. The third kappa shape index (κ3) is 3.00. The molecule has 1 aromatic carbocycles. The molecule has 4 rings (SSSR count). The molecule has 0 aliphatic heterocycles. The molecule has 2 aromatic rings. The van der Waals surface area contributed by atoms with Crippen LogP contribution in [0.15, 0.2) is 36.5 Å². The summed E-state index contributed by atoms with van der Waals surface area (Å²) in [5.74, 6) is 0.586. The fraction of sp³-hybridized carbons (Fsp3) is 0.500. The van der Waals surface area contributed by atoms with E-state index in [2.05, 4.69) is 39.9 Å². The van der Waals surface area contributed by atoms with Crippen LogP contribution in [0.2, 0.25) is 0 Å². The highest BCUT2D eigenvalue weighted by Crippen LogP contribution is 2.43. The van der Waals surface area contributed by atoms with Gasteiger partial charge in [-0.1, -0.05) is 42.0 Å². The van der Waals surface area contributed by atoms with Crippen LogP contribution >= 0.6 is 0 Å². The largest absolute Gasteiger partial charge is 0.354 e. The average molecular weight is 310 g/mol. The third-order valence-corrected chi connectivity index (χ3v) is 5.18. The van der Waals surface area contributed by atoms with Crippen LogP contribution in [-0.4, -0.2) is 27.4 Å². The van der Waals surface area contributed by atoms with Gasteiger partial charge in [0, 0.05) is 24.1 Å². The Morgan fingerprint density at radius 3 is 2.70 bits per heavy atom. The summed E-state index contributed by atoms with van der Waals surface area (Å²) in [7, 11) is 0. The van der Waals surface area contributed by atoms with Crippen molar-refractivity contribution in [1.82, 2.24) is 20.3 Å². The minimum absolute atomic E-state index is 0.0134. The normalized spacial score (nSPS) is 19.1. The van der Waals surface area contributed by atoms with Crippen molar-refractivity contribution >= 4 is 5.91 Å². The fourth-order valence-electron chi connectivity index (χ4n) is 3.39. The zero-order valence-corrected chi connectivity index (χ0v) is 13.2. The van der Waals surface area contributed by atoms with Crippen LogP contribution < -0.4 is 5.32 Å². The lowest BCUT2D eigenvalue weighted by molar-refractivity contribution is -0.122. The van der Waals surface area contributed by atoms with Crippen LogP contribution in [0.4, 0.5) is 0 Å². The monoisotopic (exact) mass is 310 g/mol. The van der Waals surface area contributed by atoms with Crippen LogP contribution in [0.3, 0.4) is 0 Å². The molecule has 0 unspecified atom stereocenters. The van der Waals surface area contributed by atoms with Crippen LogP contribution in [-0.2, 0) is 16.8 Å². The van der Waals surface area contributed by atoms with Gasteiger partial charge in [-0.25, -0.2) is 4.68 Å². The van der Waals surface area contributed by atoms with E-state index in [1.807, 2.05) is 12.3 Å². The molecule has 1 aromatic heterocycles. The van der Waals surface area contributed by atoms with Gasteiger partial charge in [-0.3, -0.25) is 4.79 Å². The molecule has 0 bridgehead atoms. The standard InChI is InChI=1S/C18H22N4O/c23-17(12-22-11-16(20-21-22)14-7-8-14)19-13-18(9-4-10-18)15-5-2-1-3-6-15/h1-3,5-6,11,14H,4,7-10,12-13H2,(H,19,23). The van der Waals surface area contributed by atoms with Gasteiger partial charge in [0.1, 0.15) is 6.54 Å². The van der Waals surface area contributed by atoms with E-state index in [9.17, 15) is 4.79 Å². The lowest BCUT2D eigenvalue weighted by Crippen LogP contribution is -2.46. The van der Waals surface area contributed by atoms with Gasteiger partial charge in [-0.05, 0) is 31.2 Å². The number of carbonyl (C=O) groups excluding carboxylic acids is 1. The Morgan fingerprint density at radius 1 is 1.26 bits per heavy atom. The number of rotatable bonds is 6. The van der Waals surface area contributed by atoms with E-state index in [0.29, 0.717) is 12.5 Å². The maximum Gasteiger partial charge on any atom is 0.241 e. The van der Waals surface area contributed by atoms with Crippen molar-refractivity contribution in [3.63, 3.8) is 0 Å². The molecule has 1 amide bonds. The molecule has 120 valence electrons. The number of nitrogens with one attached hydrogen (secondary N) is 1. The van der Waals surface area contributed by atoms with Crippen molar-refractivity contribution in [1.29, 1.82) is 0 Å². The molecular formula is C18H22N4O.